The average molecular weight is 599 g/mol. The van der Waals surface area contributed by atoms with E-state index in [1.807, 2.05) is 0 Å². The fourth-order valence-corrected chi connectivity index (χ4v) is 4.45. The van der Waals surface area contributed by atoms with Crippen LogP contribution in [0.3, 0.4) is 0 Å². The van der Waals surface area contributed by atoms with E-state index >= 15 is 4.39 Å². The molecular formula is C34H27FO9. The minimum atomic E-state index is -2.17. The van der Waals surface area contributed by atoms with Crippen LogP contribution in [0.15, 0.2) is 121 Å². The summed E-state index contributed by atoms with van der Waals surface area (Å²) in [5.74, 6) is -3.45. The highest BCUT2D eigenvalue weighted by molar-refractivity contribution is 5.91. The number of halogens is 1. The Morgan fingerprint density at radius 2 is 0.886 bits per heavy atom. The molecule has 4 aromatic rings. The SMILES string of the molecule is O=C(OC[C@H]1O[C@@H](OC(=O)c2ccccc2)C(OC(=O)c2ccccc2)[C@@H](OC(=O)c2ccccc2)[C@@H]1F)c1ccccc1. The van der Waals surface area contributed by atoms with E-state index in [0.717, 1.165) is 0 Å². The van der Waals surface area contributed by atoms with E-state index in [1.165, 1.54) is 48.5 Å². The number of alkyl halides is 1. The van der Waals surface area contributed by atoms with Crippen molar-refractivity contribution in [2.75, 3.05) is 6.61 Å². The zero-order valence-corrected chi connectivity index (χ0v) is 23.2. The van der Waals surface area contributed by atoms with Crippen LogP contribution in [0.5, 0.6) is 0 Å². The molecule has 5 rings (SSSR count). The van der Waals surface area contributed by atoms with E-state index in [-0.39, 0.29) is 22.3 Å². The van der Waals surface area contributed by atoms with Gasteiger partial charge in [-0.05, 0) is 48.5 Å². The molecule has 0 aromatic heterocycles. The number of esters is 4. The van der Waals surface area contributed by atoms with E-state index in [2.05, 4.69) is 0 Å². The molecule has 0 spiro atoms. The third kappa shape index (κ3) is 7.34. The van der Waals surface area contributed by atoms with Crippen LogP contribution < -0.4 is 0 Å². The third-order valence-corrected chi connectivity index (χ3v) is 6.70. The van der Waals surface area contributed by atoms with Gasteiger partial charge in [-0.1, -0.05) is 72.8 Å². The Bertz CT molecular complexity index is 1570. The normalized spacial score (nSPS) is 21.0. The van der Waals surface area contributed by atoms with Crippen molar-refractivity contribution in [3.8, 4) is 0 Å². The second kappa shape index (κ2) is 14.2. The highest BCUT2D eigenvalue weighted by Crippen LogP contribution is 2.31. The Morgan fingerprint density at radius 3 is 1.32 bits per heavy atom. The zero-order valence-electron chi connectivity index (χ0n) is 23.2. The molecule has 0 saturated carbocycles. The average Bonchev–Trinajstić information content (AvgIpc) is 3.08. The molecule has 1 unspecified atom stereocenters. The van der Waals surface area contributed by atoms with E-state index in [0.29, 0.717) is 0 Å². The first kappa shape index (κ1) is 30.1. The van der Waals surface area contributed by atoms with Gasteiger partial charge >= 0.3 is 23.9 Å². The monoisotopic (exact) mass is 598 g/mol. The Hall–Kier alpha value is -5.35. The summed E-state index contributed by atoms with van der Waals surface area (Å²) in [7, 11) is 0. The molecule has 44 heavy (non-hydrogen) atoms. The van der Waals surface area contributed by atoms with Crippen LogP contribution in [0.25, 0.3) is 0 Å². The summed E-state index contributed by atoms with van der Waals surface area (Å²) in [6.07, 6.45) is -9.06. The Morgan fingerprint density at radius 1 is 0.523 bits per heavy atom. The summed E-state index contributed by atoms with van der Waals surface area (Å²) in [5.41, 5.74) is 0.566. The molecule has 1 aliphatic heterocycles. The summed E-state index contributed by atoms with van der Waals surface area (Å²) >= 11 is 0. The molecule has 4 aromatic carbocycles. The summed E-state index contributed by atoms with van der Waals surface area (Å²) in [6.45, 7) is -0.632. The molecule has 224 valence electrons. The lowest BCUT2D eigenvalue weighted by Gasteiger charge is -2.41. The molecule has 0 radical (unpaired) electrons. The van der Waals surface area contributed by atoms with Crippen LogP contribution in [-0.4, -0.2) is 61.3 Å². The van der Waals surface area contributed by atoms with Crippen molar-refractivity contribution in [3.05, 3.63) is 144 Å². The van der Waals surface area contributed by atoms with Crippen LogP contribution in [-0.2, 0) is 23.7 Å². The molecule has 5 atom stereocenters. The van der Waals surface area contributed by atoms with Crippen molar-refractivity contribution < 1.29 is 47.3 Å². The molecule has 0 N–H and O–H groups in total. The van der Waals surface area contributed by atoms with Crippen molar-refractivity contribution >= 4 is 23.9 Å². The van der Waals surface area contributed by atoms with Crippen molar-refractivity contribution in [2.45, 2.75) is 30.8 Å². The number of hydrogen-bond acceptors (Lipinski definition) is 9. The first-order valence-electron chi connectivity index (χ1n) is 13.7. The van der Waals surface area contributed by atoms with Crippen LogP contribution in [0.2, 0.25) is 0 Å². The summed E-state index contributed by atoms with van der Waals surface area (Å²) in [6, 6.07) is 31.5. The molecule has 0 amide bonds. The van der Waals surface area contributed by atoms with Gasteiger partial charge in [0.15, 0.2) is 12.3 Å². The van der Waals surface area contributed by atoms with Gasteiger partial charge < -0.3 is 23.7 Å². The van der Waals surface area contributed by atoms with Crippen LogP contribution in [0, 0.1) is 0 Å². The van der Waals surface area contributed by atoms with Gasteiger partial charge in [-0.15, -0.1) is 0 Å². The fourth-order valence-electron chi connectivity index (χ4n) is 4.45. The van der Waals surface area contributed by atoms with Crippen LogP contribution in [0.4, 0.5) is 4.39 Å². The maximum absolute atomic E-state index is 16.3. The Labute approximate surface area is 252 Å². The van der Waals surface area contributed by atoms with Crippen LogP contribution >= 0.6 is 0 Å². The lowest BCUT2D eigenvalue weighted by atomic mass is 9.99. The quantitative estimate of drug-likeness (QED) is 0.189. The first-order chi connectivity index (χ1) is 21.4. The van der Waals surface area contributed by atoms with Crippen molar-refractivity contribution in [1.29, 1.82) is 0 Å². The highest BCUT2D eigenvalue weighted by atomic mass is 19.1. The summed E-state index contributed by atoms with van der Waals surface area (Å²) in [4.78, 5) is 51.9. The lowest BCUT2D eigenvalue weighted by molar-refractivity contribution is -0.272. The maximum Gasteiger partial charge on any atom is 0.340 e. The predicted molar refractivity (Wildman–Crippen MR) is 153 cm³/mol. The van der Waals surface area contributed by atoms with E-state index in [4.69, 9.17) is 23.7 Å². The number of carbonyl (C=O) groups is 4. The Kier molecular flexibility index (Phi) is 9.73. The van der Waals surface area contributed by atoms with Gasteiger partial charge in [-0.2, -0.15) is 0 Å². The predicted octanol–water partition coefficient (Wildman–Crippen LogP) is 5.21. The molecular weight excluding hydrogens is 571 g/mol. The van der Waals surface area contributed by atoms with E-state index in [9.17, 15) is 19.2 Å². The summed E-state index contributed by atoms with van der Waals surface area (Å²) < 4.78 is 44.1. The number of ether oxygens (including phenoxy) is 5. The molecule has 0 bridgehead atoms. The molecule has 1 saturated heterocycles. The van der Waals surface area contributed by atoms with Gasteiger partial charge in [-0.25, -0.2) is 23.6 Å². The van der Waals surface area contributed by atoms with Crippen molar-refractivity contribution in [2.24, 2.45) is 0 Å². The van der Waals surface area contributed by atoms with Gasteiger partial charge in [0.1, 0.15) is 12.7 Å². The van der Waals surface area contributed by atoms with Gasteiger partial charge in [0.05, 0.1) is 22.3 Å². The Balaban J connectivity index is 1.46. The number of carbonyl (C=O) groups excluding carboxylic acids is 4. The largest absolute Gasteiger partial charge is 0.459 e. The standard InChI is InChI=1S/C34H27FO9/c35-27-26(21-40-30(36)22-13-5-1-6-14-22)41-34(44-33(39)25-19-11-4-12-20-25)29(43-32(38)24-17-9-3-10-18-24)28(27)42-31(37)23-15-7-2-8-16-23/h1-20,26-29,34H,21H2/t26-,27-,28+,29?,34+/m1/s1. The zero-order chi connectivity index (χ0) is 30.9. The molecule has 1 heterocycles. The van der Waals surface area contributed by atoms with Gasteiger partial charge in [0.2, 0.25) is 12.4 Å². The topological polar surface area (TPSA) is 114 Å². The van der Waals surface area contributed by atoms with Gasteiger partial charge in [0.25, 0.3) is 0 Å². The van der Waals surface area contributed by atoms with Crippen molar-refractivity contribution in [3.63, 3.8) is 0 Å². The minimum absolute atomic E-state index is 0.101. The molecule has 9 nitrogen and oxygen atoms in total. The molecule has 0 aliphatic carbocycles. The maximum atomic E-state index is 16.3. The molecule has 1 aliphatic rings. The van der Waals surface area contributed by atoms with Gasteiger partial charge in [-0.3, -0.25) is 0 Å². The highest BCUT2D eigenvalue weighted by Gasteiger charge is 2.53. The van der Waals surface area contributed by atoms with Gasteiger partial charge in [0, 0.05) is 0 Å². The minimum Gasteiger partial charge on any atom is -0.459 e. The first-order valence-corrected chi connectivity index (χ1v) is 13.7. The molecule has 10 heteroatoms. The second-order valence-electron chi connectivity index (χ2n) is 9.70. The molecule has 1 fully saturated rings. The number of benzene rings is 4. The van der Waals surface area contributed by atoms with Crippen molar-refractivity contribution in [1.82, 2.24) is 0 Å². The van der Waals surface area contributed by atoms with E-state index < -0.39 is 61.3 Å². The number of hydrogen-bond donors (Lipinski definition) is 0. The fraction of sp³-hybridized carbons (Fsp3) is 0.176. The van der Waals surface area contributed by atoms with Crippen LogP contribution in [0.1, 0.15) is 41.4 Å². The third-order valence-electron chi connectivity index (χ3n) is 6.70. The second-order valence-corrected chi connectivity index (χ2v) is 9.70. The van der Waals surface area contributed by atoms with E-state index in [1.54, 1.807) is 72.8 Å². The number of rotatable bonds is 9. The lowest BCUT2D eigenvalue weighted by Crippen LogP contribution is -2.61. The summed E-state index contributed by atoms with van der Waals surface area (Å²) in [5, 5.41) is 0. The smallest absolute Gasteiger partial charge is 0.340 e.